The maximum Gasteiger partial charge on any atom is 0.410 e. The van der Waals surface area contributed by atoms with Gasteiger partial charge in [0.2, 0.25) is 0 Å². The zero-order valence-corrected chi connectivity index (χ0v) is 40.6. The topological polar surface area (TPSA) is 194 Å². The van der Waals surface area contributed by atoms with Crippen LogP contribution in [0.4, 0.5) is 4.79 Å². The number of pyridine rings is 2. The molecule has 3 saturated heterocycles. The van der Waals surface area contributed by atoms with Crippen LogP contribution in [0.5, 0.6) is 0 Å². The van der Waals surface area contributed by atoms with Crippen LogP contribution in [-0.2, 0) is 55.8 Å². The number of carbonyl (C=O) groups is 4. The SMILES string of the molecule is CC[C@H]1OC(=O)[C@H](C)[C@@H](OC(=O)Cc2cccnc2)[C@H](C)[C@@H](O[C@@H]2O[C@H](C)C[C@H](N(C)CC)[C@H]2O)[C@](C)(OC)C[C@@H](C)C(=O)[C@H](C)[C@H]2N(CCCCn3cnc4ncccc43)C(=O)O[C@]12C. The molecule has 0 bridgehead atoms. The van der Waals surface area contributed by atoms with E-state index in [2.05, 4.69) is 15.0 Å². The first-order valence-corrected chi connectivity index (χ1v) is 23.7. The summed E-state index contributed by atoms with van der Waals surface area (Å²) in [7, 11) is 3.46. The number of nitrogens with zero attached hydrogens (tertiary/aromatic N) is 6. The van der Waals surface area contributed by atoms with Crippen LogP contribution in [0.15, 0.2) is 49.2 Å². The first kappa shape index (κ1) is 50.9. The Bertz CT molecular complexity index is 2120. The van der Waals surface area contributed by atoms with Crippen LogP contribution in [-0.4, -0.2) is 146 Å². The highest BCUT2D eigenvalue weighted by atomic mass is 16.7. The summed E-state index contributed by atoms with van der Waals surface area (Å²) in [5, 5.41) is 11.9. The number of fused-ring (bicyclic) bond motifs is 2. The van der Waals surface area contributed by atoms with Gasteiger partial charge in [-0.05, 0) is 97.2 Å². The van der Waals surface area contributed by atoms with E-state index in [1.54, 1.807) is 69.6 Å². The number of hydrogen-bond donors (Lipinski definition) is 1. The first-order valence-electron chi connectivity index (χ1n) is 23.7. The summed E-state index contributed by atoms with van der Waals surface area (Å²) in [6, 6.07) is 6.20. The van der Waals surface area contributed by atoms with E-state index in [4.69, 9.17) is 28.4 Å². The maximum atomic E-state index is 15.0. The van der Waals surface area contributed by atoms with Gasteiger partial charge in [0, 0.05) is 62.6 Å². The lowest BCUT2D eigenvalue weighted by molar-refractivity contribution is -0.302. The van der Waals surface area contributed by atoms with Crippen LogP contribution in [0.2, 0.25) is 0 Å². The largest absolute Gasteiger partial charge is 0.461 e. The number of amides is 1. The molecule has 6 heterocycles. The predicted molar refractivity (Wildman–Crippen MR) is 244 cm³/mol. The number of ketones is 1. The van der Waals surface area contributed by atoms with Crippen LogP contribution in [0.1, 0.15) is 100.0 Å². The van der Waals surface area contributed by atoms with Crippen molar-refractivity contribution >= 4 is 35.0 Å². The Balaban J connectivity index is 1.37. The fourth-order valence-corrected chi connectivity index (χ4v) is 10.7. The van der Waals surface area contributed by atoms with Crippen molar-refractivity contribution in [3.8, 4) is 0 Å². The Morgan fingerprint density at radius 1 is 1.00 bits per heavy atom. The van der Waals surface area contributed by atoms with Crippen LogP contribution in [0.3, 0.4) is 0 Å². The second-order valence-electron chi connectivity index (χ2n) is 19.2. The van der Waals surface area contributed by atoms with Crippen molar-refractivity contribution < 1.29 is 52.7 Å². The Hall–Kier alpha value is -4.55. The third kappa shape index (κ3) is 10.8. The zero-order valence-electron chi connectivity index (χ0n) is 40.6. The second kappa shape index (κ2) is 21.6. The highest BCUT2D eigenvalue weighted by Crippen LogP contribution is 2.44. The molecule has 3 aliphatic heterocycles. The van der Waals surface area contributed by atoms with Crippen molar-refractivity contribution in [2.45, 2.75) is 167 Å². The lowest BCUT2D eigenvalue weighted by Gasteiger charge is -2.48. The smallest absolute Gasteiger partial charge is 0.410 e. The average molecular weight is 921 g/mol. The van der Waals surface area contributed by atoms with E-state index in [0.717, 1.165) is 5.52 Å². The molecule has 0 aromatic carbocycles. The summed E-state index contributed by atoms with van der Waals surface area (Å²) in [6.45, 7) is 18.0. The fourth-order valence-electron chi connectivity index (χ4n) is 10.7. The van der Waals surface area contributed by atoms with Crippen molar-refractivity contribution in [3.63, 3.8) is 0 Å². The van der Waals surface area contributed by atoms with Gasteiger partial charge in [-0.2, -0.15) is 0 Å². The van der Waals surface area contributed by atoms with E-state index in [-0.39, 0.29) is 43.7 Å². The van der Waals surface area contributed by atoms with Gasteiger partial charge >= 0.3 is 18.0 Å². The van der Waals surface area contributed by atoms with Crippen LogP contribution in [0.25, 0.3) is 11.2 Å². The molecule has 3 aromatic heterocycles. The van der Waals surface area contributed by atoms with Crippen LogP contribution >= 0.6 is 0 Å². The minimum Gasteiger partial charge on any atom is -0.461 e. The summed E-state index contributed by atoms with van der Waals surface area (Å²) >= 11 is 0. The molecule has 364 valence electrons. The molecule has 17 heteroatoms. The summed E-state index contributed by atoms with van der Waals surface area (Å²) in [6.07, 6.45) is 2.44. The molecule has 3 aliphatic rings. The monoisotopic (exact) mass is 921 g/mol. The van der Waals surface area contributed by atoms with E-state index in [1.807, 2.05) is 63.3 Å². The number of imidazole rings is 1. The van der Waals surface area contributed by atoms with Gasteiger partial charge in [-0.3, -0.25) is 19.4 Å². The zero-order chi connectivity index (χ0) is 48.1. The second-order valence-corrected chi connectivity index (χ2v) is 19.2. The number of rotatable bonds is 14. The minimum atomic E-state index is -1.44. The number of aryl methyl sites for hydroxylation is 1. The standard InChI is InChI=1S/C49H72N6O11/c1-12-37-49(9)42(55(47(60)66-49)23-15-14-22-54-28-52-44-35(54)19-17-21-51-44)31(5)39(57)29(3)26-48(8,61-11)43(65-46-40(58)36(53(10)13-2)24-30(4)62-46)32(6)41(33(7)45(59)63-37)64-38(56)25-34-18-16-20-50-27-34/h16-21,27-33,36-37,40-43,46,58H,12-15,22-26H2,1-11H3/t29-,30-,31+,32+,33-,36+,37-,40-,41+,42-,43-,46+,48-,49-/m1/s1. The van der Waals surface area contributed by atoms with Gasteiger partial charge in [0.05, 0.1) is 48.0 Å². The number of methoxy groups -OCH3 is 1. The Morgan fingerprint density at radius 3 is 2.41 bits per heavy atom. The molecule has 1 amide bonds. The summed E-state index contributed by atoms with van der Waals surface area (Å²) < 4.78 is 40.7. The minimum absolute atomic E-state index is 0.122. The van der Waals surface area contributed by atoms with Crippen LogP contribution < -0.4 is 0 Å². The average Bonchev–Trinajstić information content (AvgIpc) is 3.83. The number of likely N-dealkylation sites (N-methyl/N-ethyl adjacent to an activating group) is 1. The van der Waals surface area contributed by atoms with Gasteiger partial charge in [-0.15, -0.1) is 0 Å². The molecule has 0 spiro atoms. The van der Waals surface area contributed by atoms with E-state index in [1.165, 1.54) is 7.11 Å². The summed E-state index contributed by atoms with van der Waals surface area (Å²) in [5.74, 6) is -4.80. The third-order valence-electron chi connectivity index (χ3n) is 14.5. The molecule has 14 atom stereocenters. The number of cyclic esters (lactones) is 1. The van der Waals surface area contributed by atoms with E-state index < -0.39 is 89.7 Å². The van der Waals surface area contributed by atoms with Crippen molar-refractivity contribution in [2.75, 3.05) is 27.2 Å². The van der Waals surface area contributed by atoms with E-state index in [9.17, 15) is 19.5 Å². The Kier molecular flexibility index (Phi) is 16.6. The number of Topliss-reactive ketones (excluding diaryl/α,β-unsaturated/α-hetero) is 1. The number of hydrogen-bond acceptors (Lipinski definition) is 15. The number of aromatic nitrogens is 4. The van der Waals surface area contributed by atoms with Crippen molar-refractivity contribution in [1.82, 2.24) is 29.3 Å². The lowest BCUT2D eigenvalue weighted by Crippen LogP contribution is -2.61. The molecular weight excluding hydrogens is 849 g/mol. The number of carbonyl (C=O) groups excluding carboxylic acids is 4. The van der Waals surface area contributed by atoms with Crippen molar-refractivity contribution in [2.24, 2.45) is 23.7 Å². The van der Waals surface area contributed by atoms with Gasteiger partial charge in [-0.1, -0.05) is 40.7 Å². The molecule has 66 heavy (non-hydrogen) atoms. The predicted octanol–water partition coefficient (Wildman–Crippen LogP) is 5.79. The quantitative estimate of drug-likeness (QED) is 0.116. The summed E-state index contributed by atoms with van der Waals surface area (Å²) in [4.78, 5) is 74.3. The third-order valence-corrected chi connectivity index (χ3v) is 14.5. The van der Waals surface area contributed by atoms with Crippen LogP contribution in [0, 0.1) is 23.7 Å². The normalized spacial score (nSPS) is 34.7. The fraction of sp³-hybridized carbons (Fsp3) is 0.694. The van der Waals surface area contributed by atoms with E-state index >= 15 is 4.79 Å². The van der Waals surface area contributed by atoms with Gasteiger partial charge in [0.25, 0.3) is 0 Å². The highest BCUT2D eigenvalue weighted by Gasteiger charge is 2.60. The number of esters is 2. The van der Waals surface area contributed by atoms with Crippen molar-refractivity contribution in [1.29, 1.82) is 0 Å². The van der Waals surface area contributed by atoms with Gasteiger partial charge in [0.1, 0.15) is 24.1 Å². The number of aliphatic hydroxyl groups is 1. The molecule has 1 N–H and O–H groups in total. The Labute approximate surface area is 389 Å². The molecule has 0 saturated carbocycles. The molecule has 0 aliphatic carbocycles. The first-order chi connectivity index (χ1) is 31.4. The highest BCUT2D eigenvalue weighted by molar-refractivity contribution is 5.85. The Morgan fingerprint density at radius 2 is 1.73 bits per heavy atom. The molecule has 0 unspecified atom stereocenters. The number of aliphatic hydroxyl groups excluding tert-OH is 1. The maximum absolute atomic E-state index is 15.0. The molecule has 17 nitrogen and oxygen atoms in total. The molecular formula is C49H72N6O11. The molecule has 3 fully saturated rings. The summed E-state index contributed by atoms with van der Waals surface area (Å²) in [5.41, 5.74) is -0.552. The molecule has 6 rings (SSSR count). The van der Waals surface area contributed by atoms with Gasteiger partial charge < -0.3 is 47.9 Å². The van der Waals surface area contributed by atoms with Gasteiger partial charge in [-0.25, -0.2) is 14.8 Å². The van der Waals surface area contributed by atoms with E-state index in [0.29, 0.717) is 43.6 Å². The molecule has 3 aromatic rings. The lowest BCUT2D eigenvalue weighted by atomic mass is 9.73. The number of ether oxygens (including phenoxy) is 6. The van der Waals surface area contributed by atoms with Crippen molar-refractivity contribution in [3.05, 3.63) is 54.7 Å². The van der Waals surface area contributed by atoms with Gasteiger partial charge in [0.15, 0.2) is 17.5 Å². The number of unbranched alkanes of at least 4 members (excludes halogenated alkanes) is 1. The molecule has 0 radical (unpaired) electrons.